The molecule has 0 heterocycles. The average Bonchev–Trinajstić information content (AvgIpc) is 2.44. The Labute approximate surface area is 126 Å². The van der Waals surface area contributed by atoms with Crippen molar-refractivity contribution in [2.45, 2.75) is 45.1 Å². The summed E-state index contributed by atoms with van der Waals surface area (Å²) < 4.78 is 12.8. The largest absolute Gasteiger partial charge is 0.362 e. The highest BCUT2D eigenvalue weighted by atomic mass is 32.1. The fourth-order valence-corrected chi connectivity index (χ4v) is 2.97. The maximum absolute atomic E-state index is 12.8. The minimum atomic E-state index is -0.190. The number of halogens is 1. The number of nitrogens with one attached hydrogen (secondary N) is 2. The van der Waals surface area contributed by atoms with Crippen LogP contribution in [0.3, 0.4) is 0 Å². The number of rotatable bonds is 4. The van der Waals surface area contributed by atoms with Gasteiger partial charge in [0.1, 0.15) is 5.82 Å². The average molecular weight is 294 g/mol. The molecule has 2 nitrogen and oxygen atoms in total. The Balaban J connectivity index is 1.68. The lowest BCUT2D eigenvalue weighted by Crippen LogP contribution is -2.46. The van der Waals surface area contributed by atoms with E-state index in [2.05, 4.69) is 17.6 Å². The van der Waals surface area contributed by atoms with Crippen molar-refractivity contribution < 1.29 is 4.39 Å². The van der Waals surface area contributed by atoms with Gasteiger partial charge in [-0.25, -0.2) is 4.39 Å². The van der Waals surface area contributed by atoms with Crippen LogP contribution in [0.4, 0.5) is 4.39 Å². The van der Waals surface area contributed by atoms with Gasteiger partial charge in [0.05, 0.1) is 0 Å². The molecule has 0 radical (unpaired) electrons. The zero-order valence-electron chi connectivity index (χ0n) is 12.0. The summed E-state index contributed by atoms with van der Waals surface area (Å²) >= 11 is 5.34. The molecule has 0 aromatic heterocycles. The summed E-state index contributed by atoms with van der Waals surface area (Å²) in [5.41, 5.74) is 1.12. The molecule has 2 rings (SSSR count). The lowest BCUT2D eigenvalue weighted by atomic mass is 9.86. The summed E-state index contributed by atoms with van der Waals surface area (Å²) in [6.07, 6.45) is 5.98. The molecular formula is C16H23FN2S. The quantitative estimate of drug-likeness (QED) is 0.832. The van der Waals surface area contributed by atoms with Crippen LogP contribution in [0.15, 0.2) is 24.3 Å². The van der Waals surface area contributed by atoms with E-state index in [0.29, 0.717) is 12.0 Å². The molecule has 1 saturated carbocycles. The fraction of sp³-hybridized carbons (Fsp3) is 0.562. The predicted octanol–water partition coefficient (Wildman–Crippen LogP) is 3.41. The third-order valence-corrected chi connectivity index (χ3v) is 4.30. The van der Waals surface area contributed by atoms with E-state index in [1.807, 2.05) is 12.1 Å². The zero-order valence-corrected chi connectivity index (χ0v) is 12.8. The lowest BCUT2D eigenvalue weighted by molar-refractivity contribution is 0.308. The topological polar surface area (TPSA) is 24.1 Å². The maximum atomic E-state index is 12.8. The zero-order chi connectivity index (χ0) is 14.4. The Morgan fingerprint density at radius 3 is 2.65 bits per heavy atom. The van der Waals surface area contributed by atoms with Crippen LogP contribution in [-0.4, -0.2) is 17.7 Å². The van der Waals surface area contributed by atoms with Gasteiger partial charge in [0.25, 0.3) is 0 Å². The molecule has 2 N–H and O–H groups in total. The molecule has 1 aromatic rings. The predicted molar refractivity (Wildman–Crippen MR) is 85.3 cm³/mol. The van der Waals surface area contributed by atoms with E-state index in [4.69, 9.17) is 12.2 Å². The molecule has 0 amide bonds. The molecule has 4 heteroatoms. The SMILES string of the molecule is C[C@@H]1CCCC[C@@H]1NC(=S)NCCc1ccc(F)cc1. The van der Waals surface area contributed by atoms with E-state index in [-0.39, 0.29) is 5.82 Å². The van der Waals surface area contributed by atoms with Crippen LogP contribution in [0.25, 0.3) is 0 Å². The highest BCUT2D eigenvalue weighted by Gasteiger charge is 2.21. The number of hydrogen-bond donors (Lipinski definition) is 2. The highest BCUT2D eigenvalue weighted by molar-refractivity contribution is 7.80. The van der Waals surface area contributed by atoms with Gasteiger partial charge < -0.3 is 10.6 Å². The molecule has 1 fully saturated rings. The minimum absolute atomic E-state index is 0.190. The Morgan fingerprint density at radius 2 is 1.95 bits per heavy atom. The Hall–Kier alpha value is -1.16. The summed E-state index contributed by atoms with van der Waals surface area (Å²) in [5.74, 6) is 0.505. The van der Waals surface area contributed by atoms with E-state index in [1.165, 1.54) is 37.8 Å². The first-order valence-corrected chi connectivity index (χ1v) is 7.85. The van der Waals surface area contributed by atoms with Gasteiger partial charge >= 0.3 is 0 Å². The normalized spacial score (nSPS) is 22.3. The van der Waals surface area contributed by atoms with E-state index < -0.39 is 0 Å². The first kappa shape index (κ1) is 15.2. The van der Waals surface area contributed by atoms with Gasteiger partial charge in [-0.1, -0.05) is 31.9 Å². The molecule has 1 aromatic carbocycles. The minimum Gasteiger partial charge on any atom is -0.362 e. The standard InChI is InChI=1S/C16H23FN2S/c1-12-4-2-3-5-15(12)19-16(20)18-11-10-13-6-8-14(17)9-7-13/h6-9,12,15H,2-5,10-11H2,1H3,(H2,18,19,20)/t12-,15+/m1/s1. The van der Waals surface area contributed by atoms with Crippen LogP contribution >= 0.6 is 12.2 Å². The first-order valence-electron chi connectivity index (χ1n) is 7.44. The van der Waals surface area contributed by atoms with Crippen molar-refractivity contribution in [3.63, 3.8) is 0 Å². The van der Waals surface area contributed by atoms with E-state index in [1.54, 1.807) is 0 Å². The monoisotopic (exact) mass is 294 g/mol. The van der Waals surface area contributed by atoms with Crippen molar-refractivity contribution in [1.29, 1.82) is 0 Å². The van der Waals surface area contributed by atoms with Gasteiger partial charge in [-0.2, -0.15) is 0 Å². The van der Waals surface area contributed by atoms with E-state index in [9.17, 15) is 4.39 Å². The molecular weight excluding hydrogens is 271 g/mol. The summed E-state index contributed by atoms with van der Waals surface area (Å²) in [6, 6.07) is 7.13. The second kappa shape index (κ2) is 7.58. The van der Waals surface area contributed by atoms with Crippen molar-refractivity contribution in [3.05, 3.63) is 35.6 Å². The van der Waals surface area contributed by atoms with Gasteiger partial charge in [-0.05, 0) is 55.1 Å². The van der Waals surface area contributed by atoms with Crippen LogP contribution in [0.2, 0.25) is 0 Å². The van der Waals surface area contributed by atoms with Crippen molar-refractivity contribution in [2.75, 3.05) is 6.54 Å². The lowest BCUT2D eigenvalue weighted by Gasteiger charge is -2.30. The van der Waals surface area contributed by atoms with Crippen molar-refractivity contribution in [2.24, 2.45) is 5.92 Å². The van der Waals surface area contributed by atoms with Crippen LogP contribution in [0.5, 0.6) is 0 Å². The Bertz CT molecular complexity index is 433. The second-order valence-corrected chi connectivity index (χ2v) is 6.05. The van der Waals surface area contributed by atoms with Gasteiger partial charge in [-0.3, -0.25) is 0 Å². The molecule has 2 atom stereocenters. The molecule has 1 aliphatic carbocycles. The molecule has 110 valence electrons. The third-order valence-electron chi connectivity index (χ3n) is 4.04. The molecule has 0 bridgehead atoms. The highest BCUT2D eigenvalue weighted by Crippen LogP contribution is 2.23. The second-order valence-electron chi connectivity index (χ2n) is 5.64. The van der Waals surface area contributed by atoms with Gasteiger partial charge in [0, 0.05) is 12.6 Å². The fourth-order valence-electron chi connectivity index (χ4n) is 2.72. The molecule has 0 unspecified atom stereocenters. The summed E-state index contributed by atoms with van der Waals surface area (Å²) in [5, 5.41) is 7.41. The molecule has 0 spiro atoms. The molecule has 1 aliphatic rings. The van der Waals surface area contributed by atoms with Crippen molar-refractivity contribution in [3.8, 4) is 0 Å². The molecule has 0 saturated heterocycles. The van der Waals surface area contributed by atoms with Crippen LogP contribution in [0, 0.1) is 11.7 Å². The van der Waals surface area contributed by atoms with Gasteiger partial charge in [0.2, 0.25) is 0 Å². The third kappa shape index (κ3) is 4.75. The molecule has 0 aliphatic heterocycles. The number of thiocarbonyl (C=S) groups is 1. The van der Waals surface area contributed by atoms with E-state index in [0.717, 1.165) is 23.6 Å². The summed E-state index contributed by atoms with van der Waals surface area (Å²) in [4.78, 5) is 0. The Morgan fingerprint density at radius 1 is 1.25 bits per heavy atom. The summed E-state index contributed by atoms with van der Waals surface area (Å²) in [7, 11) is 0. The maximum Gasteiger partial charge on any atom is 0.166 e. The Kier molecular flexibility index (Phi) is 5.77. The summed E-state index contributed by atoms with van der Waals surface area (Å²) in [6.45, 7) is 3.07. The number of benzene rings is 1. The van der Waals surface area contributed by atoms with Gasteiger partial charge in [0.15, 0.2) is 5.11 Å². The van der Waals surface area contributed by atoms with Crippen LogP contribution < -0.4 is 10.6 Å². The molecule has 20 heavy (non-hydrogen) atoms. The smallest absolute Gasteiger partial charge is 0.166 e. The van der Waals surface area contributed by atoms with Crippen LogP contribution in [-0.2, 0) is 6.42 Å². The van der Waals surface area contributed by atoms with Gasteiger partial charge in [-0.15, -0.1) is 0 Å². The van der Waals surface area contributed by atoms with Crippen molar-refractivity contribution >= 4 is 17.3 Å². The number of hydrogen-bond acceptors (Lipinski definition) is 1. The first-order chi connectivity index (χ1) is 9.65. The van der Waals surface area contributed by atoms with Crippen molar-refractivity contribution in [1.82, 2.24) is 10.6 Å². The van der Waals surface area contributed by atoms with E-state index >= 15 is 0 Å². The van der Waals surface area contributed by atoms with Crippen LogP contribution in [0.1, 0.15) is 38.2 Å².